The highest BCUT2D eigenvalue weighted by Crippen LogP contribution is 2.08. The summed E-state index contributed by atoms with van der Waals surface area (Å²) in [6.45, 7) is 0. The van der Waals surface area contributed by atoms with E-state index < -0.39 is 17.5 Å². The summed E-state index contributed by atoms with van der Waals surface area (Å²) >= 11 is 5.32. The van der Waals surface area contributed by atoms with E-state index in [2.05, 4.69) is 9.97 Å². The topological polar surface area (TPSA) is 122 Å². The monoisotopic (exact) mass is 186 g/mol. The van der Waals surface area contributed by atoms with Gasteiger partial charge in [0.2, 0.25) is 5.28 Å². The van der Waals surface area contributed by atoms with Gasteiger partial charge in [0.25, 0.3) is 0 Å². The lowest BCUT2D eigenvalue weighted by molar-refractivity contribution is -0.218. The van der Waals surface area contributed by atoms with E-state index in [4.69, 9.17) is 22.4 Å². The number of hydrogen-bond acceptors (Lipinski definition) is 5. The molecule has 7 heteroatoms. The average molecular weight is 187 g/mol. The molecule has 0 aliphatic rings. The molecule has 1 aromatic rings. The number of aromatic nitrogens is 2. The molecule has 1 aromatic heterocycles. The second-order valence-electron chi connectivity index (χ2n) is 1.91. The first-order chi connectivity index (χ1) is 5.52. The summed E-state index contributed by atoms with van der Waals surface area (Å²) in [6.07, 6.45) is 0. The molecule has 0 bridgehead atoms. The van der Waals surface area contributed by atoms with Crippen LogP contribution in [-0.2, 0) is 0 Å². The van der Waals surface area contributed by atoms with Crippen molar-refractivity contribution < 1.29 is 10.2 Å². The Labute approximate surface area is 71.9 Å². The smallest absolute Gasteiger partial charge is 0.201 e. The molecule has 0 aliphatic carbocycles. The summed E-state index contributed by atoms with van der Waals surface area (Å²) in [7, 11) is 0. The van der Waals surface area contributed by atoms with E-state index in [0.29, 0.717) is 0 Å². The molecular formula is C5H3ClN4O2-2. The van der Waals surface area contributed by atoms with Crippen LogP contribution in [0.4, 0.5) is 0 Å². The van der Waals surface area contributed by atoms with Crippen molar-refractivity contribution in [1.82, 2.24) is 9.97 Å². The minimum Gasteiger partial charge on any atom is -0.858 e. The molecule has 0 unspecified atom stereocenters. The summed E-state index contributed by atoms with van der Waals surface area (Å²) in [6, 6.07) is 0. The molecule has 6 nitrogen and oxygen atoms in total. The first-order valence-corrected chi connectivity index (χ1v) is 3.17. The van der Waals surface area contributed by atoms with E-state index in [1.807, 2.05) is 0 Å². The third kappa shape index (κ3) is 1.37. The standard InChI is InChI=1S/C5H5ClN4O2/c6-5-9-1(3(7)11)2(10-5)4(8)12/h(H2,7,11)(H2,8,12)(H,9,10)/p-2. The van der Waals surface area contributed by atoms with E-state index in [1.165, 1.54) is 0 Å². The van der Waals surface area contributed by atoms with Crippen molar-refractivity contribution in [3.05, 3.63) is 16.7 Å². The second-order valence-corrected chi connectivity index (χ2v) is 2.27. The first-order valence-electron chi connectivity index (χ1n) is 2.79. The lowest BCUT2D eigenvalue weighted by atomic mass is 10.3. The lowest BCUT2D eigenvalue weighted by Crippen LogP contribution is -2.25. The normalized spacial score (nSPS) is 9.75. The minimum absolute atomic E-state index is 0.179. The Bertz CT molecular complexity index is 314. The van der Waals surface area contributed by atoms with E-state index >= 15 is 0 Å². The van der Waals surface area contributed by atoms with Gasteiger partial charge >= 0.3 is 0 Å². The molecule has 0 aliphatic heterocycles. The molecule has 12 heavy (non-hydrogen) atoms. The molecular weight excluding hydrogens is 184 g/mol. The van der Waals surface area contributed by atoms with Gasteiger partial charge in [0.05, 0.1) is 5.69 Å². The molecule has 0 aromatic carbocycles. The third-order valence-electron chi connectivity index (χ3n) is 1.12. The van der Waals surface area contributed by atoms with Gasteiger partial charge in [-0.05, 0) is 11.6 Å². The zero-order valence-corrected chi connectivity index (χ0v) is 6.40. The van der Waals surface area contributed by atoms with E-state index in [-0.39, 0.29) is 11.0 Å². The molecule has 0 atom stereocenters. The third-order valence-corrected chi connectivity index (χ3v) is 1.30. The summed E-state index contributed by atoms with van der Waals surface area (Å²) in [4.78, 5) is 5.57. The SMILES string of the molecule is N=C([O-])c1nc(Cl)[nH]c1C(=N)[O-]. The fraction of sp³-hybridized carbons (Fsp3) is 0. The van der Waals surface area contributed by atoms with Crippen molar-refractivity contribution in [3.8, 4) is 0 Å². The number of halogens is 1. The maximum absolute atomic E-state index is 10.5. The Morgan fingerprint density at radius 1 is 1.33 bits per heavy atom. The van der Waals surface area contributed by atoms with Crippen molar-refractivity contribution in [2.45, 2.75) is 0 Å². The number of nitrogens with zero attached hydrogens (tertiary/aromatic N) is 1. The van der Waals surface area contributed by atoms with Crippen LogP contribution >= 0.6 is 11.6 Å². The molecule has 0 radical (unpaired) electrons. The van der Waals surface area contributed by atoms with Crippen molar-refractivity contribution in [3.63, 3.8) is 0 Å². The zero-order valence-electron chi connectivity index (χ0n) is 5.64. The van der Waals surface area contributed by atoms with Gasteiger partial charge in [-0.15, -0.1) is 0 Å². The van der Waals surface area contributed by atoms with Crippen molar-refractivity contribution in [2.75, 3.05) is 0 Å². The number of nitrogens with one attached hydrogen (secondary N) is 3. The van der Waals surface area contributed by atoms with E-state index in [9.17, 15) is 10.2 Å². The van der Waals surface area contributed by atoms with Gasteiger partial charge in [0, 0.05) is 11.8 Å². The Balaban J connectivity index is 3.26. The second kappa shape index (κ2) is 2.82. The number of aromatic amines is 1. The minimum atomic E-state index is -1.14. The van der Waals surface area contributed by atoms with Crippen LogP contribution in [0.3, 0.4) is 0 Å². The van der Waals surface area contributed by atoms with Crippen LogP contribution in [0.15, 0.2) is 0 Å². The maximum atomic E-state index is 10.5. The van der Waals surface area contributed by atoms with Gasteiger partial charge in [-0.25, -0.2) is 4.98 Å². The maximum Gasteiger partial charge on any atom is 0.201 e. The molecule has 0 saturated heterocycles. The van der Waals surface area contributed by atoms with Crippen molar-refractivity contribution in [1.29, 1.82) is 10.8 Å². The number of rotatable bonds is 2. The Morgan fingerprint density at radius 2 is 1.92 bits per heavy atom. The Morgan fingerprint density at radius 3 is 2.25 bits per heavy atom. The van der Waals surface area contributed by atoms with Gasteiger partial charge in [-0.1, -0.05) is 0 Å². The number of imidazole rings is 1. The summed E-state index contributed by atoms with van der Waals surface area (Å²) in [5, 5.41) is 34.1. The molecule has 0 fully saturated rings. The highest BCUT2D eigenvalue weighted by molar-refractivity contribution is 6.28. The summed E-state index contributed by atoms with van der Waals surface area (Å²) in [5.41, 5.74) is -0.764. The first kappa shape index (κ1) is 8.54. The highest BCUT2D eigenvalue weighted by Gasteiger charge is 2.07. The molecule has 64 valence electrons. The molecule has 1 rings (SSSR count). The summed E-state index contributed by atoms with van der Waals surface area (Å²) < 4.78 is 0. The molecule has 0 saturated carbocycles. The fourth-order valence-electron chi connectivity index (χ4n) is 0.673. The van der Waals surface area contributed by atoms with E-state index in [0.717, 1.165) is 0 Å². The molecule has 1 heterocycles. The molecule has 3 N–H and O–H groups in total. The van der Waals surface area contributed by atoms with Crippen LogP contribution in [0.2, 0.25) is 5.28 Å². The van der Waals surface area contributed by atoms with Gasteiger partial charge < -0.3 is 26.0 Å². The van der Waals surface area contributed by atoms with Crippen LogP contribution in [0.25, 0.3) is 0 Å². The highest BCUT2D eigenvalue weighted by atomic mass is 35.5. The fourth-order valence-corrected chi connectivity index (χ4v) is 0.852. The van der Waals surface area contributed by atoms with Crippen LogP contribution in [-0.4, -0.2) is 21.8 Å². The Hall–Kier alpha value is -1.56. The largest absolute Gasteiger partial charge is 0.858 e. The Kier molecular flexibility index (Phi) is 2.01. The van der Waals surface area contributed by atoms with Crippen molar-refractivity contribution >= 4 is 23.4 Å². The number of hydrogen-bond donors (Lipinski definition) is 3. The van der Waals surface area contributed by atoms with Gasteiger partial charge in [0.1, 0.15) is 5.69 Å². The van der Waals surface area contributed by atoms with Crippen LogP contribution < -0.4 is 10.2 Å². The predicted octanol–water partition coefficient (Wildman–Crippen LogP) is -1.57. The number of H-pyrrole nitrogens is 1. The molecule has 0 amide bonds. The predicted molar refractivity (Wildman–Crippen MR) is 37.3 cm³/mol. The average Bonchev–Trinajstić information content (AvgIpc) is 2.31. The summed E-state index contributed by atoms with van der Waals surface area (Å²) in [5.74, 6) is -2.27. The van der Waals surface area contributed by atoms with Crippen LogP contribution in [0, 0.1) is 10.8 Å². The van der Waals surface area contributed by atoms with Gasteiger partial charge in [-0.3, -0.25) is 0 Å². The van der Waals surface area contributed by atoms with Crippen LogP contribution in [0.5, 0.6) is 0 Å². The van der Waals surface area contributed by atoms with E-state index in [1.54, 1.807) is 0 Å². The van der Waals surface area contributed by atoms with Crippen molar-refractivity contribution in [2.24, 2.45) is 0 Å². The van der Waals surface area contributed by atoms with Gasteiger partial charge in [-0.2, -0.15) is 0 Å². The zero-order chi connectivity index (χ0) is 9.30. The van der Waals surface area contributed by atoms with Crippen LogP contribution in [0.1, 0.15) is 11.4 Å². The van der Waals surface area contributed by atoms with Gasteiger partial charge in [0.15, 0.2) is 0 Å². The quantitative estimate of drug-likeness (QED) is 0.382. The molecule has 0 spiro atoms. The lowest BCUT2D eigenvalue weighted by Gasteiger charge is -2.09.